The maximum absolute atomic E-state index is 11.4. The van der Waals surface area contributed by atoms with E-state index in [4.69, 9.17) is 11.6 Å². The first kappa shape index (κ1) is 13.5. The molecule has 0 atom stereocenters. The zero-order valence-electron chi connectivity index (χ0n) is 10.0. The Morgan fingerprint density at radius 2 is 2.24 bits per heavy atom. The van der Waals surface area contributed by atoms with Crippen LogP contribution in [-0.4, -0.2) is 35.5 Å². The van der Waals surface area contributed by atoms with Crippen molar-refractivity contribution in [1.29, 1.82) is 0 Å². The van der Waals surface area contributed by atoms with Gasteiger partial charge >= 0.3 is 0 Å². The Kier molecular flexibility index (Phi) is 4.96. The molecule has 0 aliphatic carbocycles. The molecule has 0 radical (unpaired) electrons. The summed E-state index contributed by atoms with van der Waals surface area (Å²) in [5, 5.41) is 8.78. The Morgan fingerprint density at radius 1 is 1.53 bits per heavy atom. The fourth-order valence-corrected chi connectivity index (χ4v) is 1.31. The van der Waals surface area contributed by atoms with E-state index in [2.05, 4.69) is 25.9 Å². The van der Waals surface area contributed by atoms with Gasteiger partial charge in [-0.3, -0.25) is 4.79 Å². The Balaban J connectivity index is 2.59. The molecule has 3 N–H and O–H groups in total. The second kappa shape index (κ2) is 6.24. The number of halogens is 1. The number of carbonyl (C=O) groups is 1. The van der Waals surface area contributed by atoms with Crippen LogP contribution in [0.25, 0.3) is 0 Å². The van der Waals surface area contributed by atoms with E-state index < -0.39 is 0 Å². The molecule has 1 aromatic rings. The summed E-state index contributed by atoms with van der Waals surface area (Å²) >= 11 is 5.90. The Labute approximate surface area is 105 Å². The third kappa shape index (κ3) is 4.44. The summed E-state index contributed by atoms with van der Waals surface area (Å²) in [4.78, 5) is 19.5. The minimum absolute atomic E-state index is 0.109. The molecule has 1 aromatic heterocycles. The van der Waals surface area contributed by atoms with E-state index in [1.165, 1.54) is 6.20 Å². The summed E-state index contributed by atoms with van der Waals surface area (Å²) in [5.74, 6) is 0.770. The maximum atomic E-state index is 11.4. The SMILES string of the molecule is CNc1ncc(Cl)c(NCC(=O)NC(C)C)n1. The molecule has 0 fully saturated rings. The molecule has 1 heterocycles. The summed E-state index contributed by atoms with van der Waals surface area (Å²) in [6, 6.07) is 0.109. The largest absolute Gasteiger partial charge is 0.360 e. The fraction of sp³-hybridized carbons (Fsp3) is 0.500. The van der Waals surface area contributed by atoms with Crippen LogP contribution in [-0.2, 0) is 4.79 Å². The maximum Gasteiger partial charge on any atom is 0.239 e. The van der Waals surface area contributed by atoms with Crippen LogP contribution in [0.15, 0.2) is 6.20 Å². The predicted octanol–water partition coefficient (Wildman–Crippen LogP) is 1.11. The number of amides is 1. The van der Waals surface area contributed by atoms with Gasteiger partial charge in [-0.25, -0.2) is 4.98 Å². The van der Waals surface area contributed by atoms with E-state index in [0.717, 1.165) is 0 Å². The molecule has 0 aliphatic heterocycles. The van der Waals surface area contributed by atoms with Gasteiger partial charge in [0.05, 0.1) is 12.7 Å². The van der Waals surface area contributed by atoms with Crippen molar-refractivity contribution >= 4 is 29.3 Å². The number of anilines is 2. The predicted molar refractivity (Wildman–Crippen MR) is 68.4 cm³/mol. The summed E-state index contributed by atoms with van der Waals surface area (Å²) in [5.41, 5.74) is 0. The minimum atomic E-state index is -0.110. The zero-order valence-corrected chi connectivity index (χ0v) is 10.8. The average Bonchev–Trinajstić information content (AvgIpc) is 2.27. The number of aromatic nitrogens is 2. The van der Waals surface area contributed by atoms with Crippen LogP contribution >= 0.6 is 11.6 Å². The lowest BCUT2D eigenvalue weighted by atomic mass is 10.4. The highest BCUT2D eigenvalue weighted by Crippen LogP contribution is 2.18. The van der Waals surface area contributed by atoms with Crippen molar-refractivity contribution in [3.8, 4) is 0 Å². The van der Waals surface area contributed by atoms with Gasteiger partial charge in [0.2, 0.25) is 11.9 Å². The van der Waals surface area contributed by atoms with Gasteiger partial charge in [-0.05, 0) is 13.8 Å². The molecule has 0 bridgehead atoms. The molecule has 0 unspecified atom stereocenters. The molecule has 0 aromatic carbocycles. The molecular formula is C10H16ClN5O. The molecule has 0 saturated carbocycles. The van der Waals surface area contributed by atoms with Crippen molar-refractivity contribution in [3.05, 3.63) is 11.2 Å². The lowest BCUT2D eigenvalue weighted by molar-refractivity contribution is -0.119. The van der Waals surface area contributed by atoms with Gasteiger partial charge in [0.15, 0.2) is 5.82 Å². The van der Waals surface area contributed by atoms with Crippen molar-refractivity contribution in [2.75, 3.05) is 24.2 Å². The van der Waals surface area contributed by atoms with E-state index in [0.29, 0.717) is 16.8 Å². The van der Waals surface area contributed by atoms with Gasteiger partial charge < -0.3 is 16.0 Å². The van der Waals surface area contributed by atoms with E-state index >= 15 is 0 Å². The first-order valence-corrected chi connectivity index (χ1v) is 5.64. The molecule has 0 spiro atoms. The lowest BCUT2D eigenvalue weighted by Crippen LogP contribution is -2.35. The summed E-state index contributed by atoms with van der Waals surface area (Å²) in [7, 11) is 1.71. The quantitative estimate of drug-likeness (QED) is 0.736. The molecule has 1 amide bonds. The van der Waals surface area contributed by atoms with E-state index in [9.17, 15) is 4.79 Å². The van der Waals surface area contributed by atoms with Gasteiger partial charge in [0, 0.05) is 13.1 Å². The van der Waals surface area contributed by atoms with Crippen molar-refractivity contribution in [3.63, 3.8) is 0 Å². The third-order valence-corrected chi connectivity index (χ3v) is 2.11. The van der Waals surface area contributed by atoms with Gasteiger partial charge in [-0.15, -0.1) is 0 Å². The standard InChI is InChI=1S/C10H16ClN5O/c1-6(2)15-8(17)5-13-9-7(11)4-14-10(12-3)16-9/h4,6H,5H2,1-3H3,(H,15,17)(H2,12,13,14,16). The topological polar surface area (TPSA) is 78.9 Å². The zero-order chi connectivity index (χ0) is 12.8. The number of rotatable bonds is 5. The highest BCUT2D eigenvalue weighted by atomic mass is 35.5. The average molecular weight is 258 g/mol. The second-order valence-electron chi connectivity index (χ2n) is 3.72. The first-order valence-electron chi connectivity index (χ1n) is 5.26. The van der Waals surface area contributed by atoms with Crippen LogP contribution in [0.1, 0.15) is 13.8 Å². The van der Waals surface area contributed by atoms with Gasteiger partial charge in [-0.2, -0.15) is 4.98 Å². The molecule has 0 saturated heterocycles. The van der Waals surface area contributed by atoms with Gasteiger partial charge in [-0.1, -0.05) is 11.6 Å². The minimum Gasteiger partial charge on any atom is -0.360 e. The van der Waals surface area contributed by atoms with Gasteiger partial charge in [0.1, 0.15) is 5.02 Å². The van der Waals surface area contributed by atoms with Crippen molar-refractivity contribution in [1.82, 2.24) is 15.3 Å². The van der Waals surface area contributed by atoms with E-state index in [-0.39, 0.29) is 18.5 Å². The molecule has 7 heteroatoms. The highest BCUT2D eigenvalue weighted by molar-refractivity contribution is 6.32. The van der Waals surface area contributed by atoms with Crippen LogP contribution in [0.4, 0.5) is 11.8 Å². The summed E-state index contributed by atoms with van der Waals surface area (Å²) in [6.45, 7) is 3.92. The normalized spacial score (nSPS) is 10.2. The molecule has 6 nitrogen and oxygen atoms in total. The Bertz CT molecular complexity index is 396. The van der Waals surface area contributed by atoms with Crippen LogP contribution in [0.3, 0.4) is 0 Å². The van der Waals surface area contributed by atoms with E-state index in [1.807, 2.05) is 13.8 Å². The number of nitrogens with zero attached hydrogens (tertiary/aromatic N) is 2. The fourth-order valence-electron chi connectivity index (χ4n) is 1.15. The van der Waals surface area contributed by atoms with Crippen LogP contribution in [0.2, 0.25) is 5.02 Å². The van der Waals surface area contributed by atoms with Crippen molar-refractivity contribution in [2.24, 2.45) is 0 Å². The van der Waals surface area contributed by atoms with Crippen LogP contribution < -0.4 is 16.0 Å². The van der Waals surface area contributed by atoms with Crippen LogP contribution in [0, 0.1) is 0 Å². The molecule has 17 heavy (non-hydrogen) atoms. The molecular weight excluding hydrogens is 242 g/mol. The number of hydrogen-bond acceptors (Lipinski definition) is 5. The van der Waals surface area contributed by atoms with Crippen molar-refractivity contribution < 1.29 is 4.79 Å². The molecule has 1 rings (SSSR count). The molecule has 94 valence electrons. The van der Waals surface area contributed by atoms with E-state index in [1.54, 1.807) is 7.05 Å². The summed E-state index contributed by atoms with van der Waals surface area (Å²) < 4.78 is 0. The van der Waals surface area contributed by atoms with Gasteiger partial charge in [0.25, 0.3) is 0 Å². The highest BCUT2D eigenvalue weighted by Gasteiger charge is 2.07. The smallest absolute Gasteiger partial charge is 0.239 e. The Morgan fingerprint density at radius 3 is 2.82 bits per heavy atom. The lowest BCUT2D eigenvalue weighted by Gasteiger charge is -2.10. The third-order valence-electron chi connectivity index (χ3n) is 1.83. The van der Waals surface area contributed by atoms with Crippen molar-refractivity contribution in [2.45, 2.75) is 19.9 Å². The monoisotopic (exact) mass is 257 g/mol. The van der Waals surface area contributed by atoms with Crippen LogP contribution in [0.5, 0.6) is 0 Å². The number of carbonyl (C=O) groups excluding carboxylic acids is 1. The first-order chi connectivity index (χ1) is 8.02. The molecule has 0 aliphatic rings. The summed E-state index contributed by atoms with van der Waals surface area (Å²) in [6.07, 6.45) is 1.48. The number of nitrogens with one attached hydrogen (secondary N) is 3. The Hall–Kier alpha value is -1.56. The second-order valence-corrected chi connectivity index (χ2v) is 4.12. The number of hydrogen-bond donors (Lipinski definition) is 3.